The lowest BCUT2D eigenvalue weighted by molar-refractivity contribution is -0.126. The summed E-state index contributed by atoms with van der Waals surface area (Å²) < 4.78 is 17.5. The van der Waals surface area contributed by atoms with Gasteiger partial charge in [-0.2, -0.15) is 4.98 Å². The van der Waals surface area contributed by atoms with Crippen molar-refractivity contribution in [1.29, 1.82) is 0 Å². The number of nitrogens with zero attached hydrogens (tertiary/aromatic N) is 2. The van der Waals surface area contributed by atoms with Gasteiger partial charge in [0, 0.05) is 12.8 Å². The highest BCUT2D eigenvalue weighted by Crippen LogP contribution is 2.37. The lowest BCUT2D eigenvalue weighted by Gasteiger charge is -2.29. The summed E-state index contributed by atoms with van der Waals surface area (Å²) in [5.74, 6) is 2.89. The molecule has 1 amide bonds. The standard InChI is InChI=1S/C26H29N3O4/c1-17-28-25(29-33-17)16-27-26(30)19-7-10-21(11-8-19)31-22-12-14-24-20(15-22)9-13-23(32-24)18-5-3-2-4-6-18/h2-6,12,14-15,19,21,23H,7-11,13,16H2,1H3,(H,27,30). The van der Waals surface area contributed by atoms with Crippen LogP contribution in [0.3, 0.4) is 0 Å². The van der Waals surface area contributed by atoms with E-state index in [2.05, 4.69) is 45.8 Å². The molecule has 2 heterocycles. The van der Waals surface area contributed by atoms with Crippen LogP contribution in [-0.2, 0) is 17.8 Å². The van der Waals surface area contributed by atoms with E-state index in [0.717, 1.165) is 50.0 Å². The number of hydrogen-bond donors (Lipinski definition) is 1. The van der Waals surface area contributed by atoms with Crippen molar-refractivity contribution in [3.63, 3.8) is 0 Å². The van der Waals surface area contributed by atoms with E-state index in [4.69, 9.17) is 14.0 Å². The average molecular weight is 448 g/mol. The third-order valence-electron chi connectivity index (χ3n) is 6.49. The highest BCUT2D eigenvalue weighted by Gasteiger charge is 2.28. The predicted molar refractivity (Wildman–Crippen MR) is 122 cm³/mol. The van der Waals surface area contributed by atoms with Crippen LogP contribution in [0.4, 0.5) is 0 Å². The van der Waals surface area contributed by atoms with Crippen molar-refractivity contribution in [2.24, 2.45) is 5.92 Å². The molecule has 2 aliphatic rings. The van der Waals surface area contributed by atoms with E-state index in [0.29, 0.717) is 18.3 Å². The Morgan fingerprint density at radius 1 is 1.09 bits per heavy atom. The molecule has 3 aromatic rings. The van der Waals surface area contributed by atoms with Gasteiger partial charge in [0.2, 0.25) is 11.8 Å². The summed E-state index contributed by atoms with van der Waals surface area (Å²) in [6.45, 7) is 2.03. The Bertz CT molecular complexity index is 1090. The number of amides is 1. The molecule has 33 heavy (non-hydrogen) atoms. The number of aromatic nitrogens is 2. The zero-order valence-electron chi connectivity index (χ0n) is 18.8. The summed E-state index contributed by atoms with van der Waals surface area (Å²) in [5, 5.41) is 6.73. The van der Waals surface area contributed by atoms with Crippen molar-refractivity contribution in [2.45, 2.75) is 64.2 Å². The number of rotatable bonds is 6. The van der Waals surface area contributed by atoms with Crippen LogP contribution in [0, 0.1) is 12.8 Å². The Kier molecular flexibility index (Phi) is 6.28. The van der Waals surface area contributed by atoms with Crippen LogP contribution in [0.5, 0.6) is 11.5 Å². The second-order valence-electron chi connectivity index (χ2n) is 8.86. The first-order chi connectivity index (χ1) is 16.1. The first-order valence-electron chi connectivity index (χ1n) is 11.7. The quantitative estimate of drug-likeness (QED) is 0.590. The van der Waals surface area contributed by atoms with Gasteiger partial charge in [-0.1, -0.05) is 35.5 Å². The molecule has 2 aromatic carbocycles. The van der Waals surface area contributed by atoms with E-state index in [1.54, 1.807) is 6.92 Å². The van der Waals surface area contributed by atoms with Crippen LogP contribution in [0.2, 0.25) is 0 Å². The molecule has 0 bridgehead atoms. The number of fused-ring (bicyclic) bond motifs is 1. The second kappa shape index (κ2) is 9.65. The first-order valence-corrected chi connectivity index (χ1v) is 11.7. The third kappa shape index (κ3) is 5.18. The first kappa shape index (κ1) is 21.5. The van der Waals surface area contributed by atoms with Crippen molar-refractivity contribution < 1.29 is 18.8 Å². The van der Waals surface area contributed by atoms with Gasteiger partial charge in [0.05, 0.1) is 12.6 Å². The van der Waals surface area contributed by atoms with Gasteiger partial charge in [0.25, 0.3) is 0 Å². The molecular formula is C26H29N3O4. The zero-order chi connectivity index (χ0) is 22.6. The number of carbonyl (C=O) groups is 1. The molecule has 1 aliphatic heterocycles. The monoisotopic (exact) mass is 447 g/mol. The summed E-state index contributed by atoms with van der Waals surface area (Å²) in [4.78, 5) is 16.6. The lowest BCUT2D eigenvalue weighted by Crippen LogP contribution is -2.35. The van der Waals surface area contributed by atoms with E-state index in [-0.39, 0.29) is 24.0 Å². The molecule has 1 N–H and O–H groups in total. The van der Waals surface area contributed by atoms with Crippen LogP contribution in [0.1, 0.15) is 61.1 Å². The molecule has 7 heteroatoms. The van der Waals surface area contributed by atoms with Crippen LogP contribution in [0.25, 0.3) is 0 Å². The maximum absolute atomic E-state index is 12.5. The van der Waals surface area contributed by atoms with E-state index in [9.17, 15) is 4.79 Å². The van der Waals surface area contributed by atoms with Crippen molar-refractivity contribution in [2.75, 3.05) is 0 Å². The predicted octanol–water partition coefficient (Wildman–Crippen LogP) is 4.70. The second-order valence-corrected chi connectivity index (χ2v) is 8.86. The van der Waals surface area contributed by atoms with Crippen LogP contribution < -0.4 is 14.8 Å². The molecule has 0 saturated heterocycles. The molecule has 1 aromatic heterocycles. The van der Waals surface area contributed by atoms with Crippen LogP contribution in [-0.4, -0.2) is 22.2 Å². The topological polar surface area (TPSA) is 86.5 Å². The smallest absolute Gasteiger partial charge is 0.223 e. The van der Waals surface area contributed by atoms with Crippen molar-refractivity contribution in [3.05, 3.63) is 71.4 Å². The Morgan fingerprint density at radius 3 is 2.67 bits per heavy atom. The van der Waals surface area contributed by atoms with E-state index in [1.807, 2.05) is 18.2 Å². The maximum Gasteiger partial charge on any atom is 0.223 e. The SMILES string of the molecule is Cc1nc(CNC(=O)C2CCC(Oc3ccc4c(c3)CCC(c3ccccc3)O4)CC2)no1. The van der Waals surface area contributed by atoms with Gasteiger partial charge in [-0.05, 0) is 67.9 Å². The number of aryl methyl sites for hydroxylation is 2. The van der Waals surface area contributed by atoms with E-state index in [1.165, 1.54) is 11.1 Å². The van der Waals surface area contributed by atoms with Crippen molar-refractivity contribution in [3.8, 4) is 11.5 Å². The summed E-state index contributed by atoms with van der Waals surface area (Å²) in [6, 6.07) is 16.5. The number of carbonyl (C=O) groups excluding carboxylic acids is 1. The highest BCUT2D eigenvalue weighted by atomic mass is 16.5. The normalized spacial score (nSPS) is 22.2. The molecule has 1 atom stereocenters. The number of ether oxygens (including phenoxy) is 2. The lowest BCUT2D eigenvalue weighted by atomic mass is 9.86. The minimum absolute atomic E-state index is 0.00435. The molecule has 172 valence electrons. The fourth-order valence-corrected chi connectivity index (χ4v) is 4.70. The minimum atomic E-state index is 0.00435. The summed E-state index contributed by atoms with van der Waals surface area (Å²) in [6.07, 6.45) is 5.53. The molecule has 1 unspecified atom stereocenters. The van der Waals surface area contributed by atoms with Gasteiger partial charge in [-0.25, -0.2) is 0 Å². The minimum Gasteiger partial charge on any atom is -0.490 e. The van der Waals surface area contributed by atoms with Gasteiger partial charge in [-0.3, -0.25) is 4.79 Å². The fourth-order valence-electron chi connectivity index (χ4n) is 4.70. The summed E-state index contributed by atoms with van der Waals surface area (Å²) in [5.41, 5.74) is 2.42. The van der Waals surface area contributed by atoms with E-state index >= 15 is 0 Å². The Labute approximate surface area is 193 Å². The number of hydrogen-bond acceptors (Lipinski definition) is 6. The largest absolute Gasteiger partial charge is 0.490 e. The van der Waals surface area contributed by atoms with Gasteiger partial charge in [0.15, 0.2) is 5.82 Å². The van der Waals surface area contributed by atoms with E-state index < -0.39 is 0 Å². The molecule has 1 saturated carbocycles. The number of nitrogens with one attached hydrogen (secondary N) is 1. The third-order valence-corrected chi connectivity index (χ3v) is 6.49. The molecule has 7 nitrogen and oxygen atoms in total. The van der Waals surface area contributed by atoms with Crippen molar-refractivity contribution >= 4 is 5.91 Å². The maximum atomic E-state index is 12.5. The molecule has 0 spiro atoms. The Morgan fingerprint density at radius 2 is 1.91 bits per heavy atom. The fraction of sp³-hybridized carbons (Fsp3) is 0.423. The van der Waals surface area contributed by atoms with Crippen molar-refractivity contribution in [1.82, 2.24) is 15.5 Å². The van der Waals surface area contributed by atoms with Gasteiger partial charge in [-0.15, -0.1) is 0 Å². The summed E-state index contributed by atoms with van der Waals surface area (Å²) >= 11 is 0. The molecule has 1 aliphatic carbocycles. The molecular weight excluding hydrogens is 418 g/mol. The Hall–Kier alpha value is -3.35. The Balaban J connectivity index is 1.11. The van der Waals surface area contributed by atoms with Gasteiger partial charge < -0.3 is 19.3 Å². The van der Waals surface area contributed by atoms with Gasteiger partial charge in [0.1, 0.15) is 17.6 Å². The van der Waals surface area contributed by atoms with Gasteiger partial charge >= 0.3 is 0 Å². The number of benzene rings is 2. The van der Waals surface area contributed by atoms with Crippen LogP contribution >= 0.6 is 0 Å². The summed E-state index contributed by atoms with van der Waals surface area (Å²) in [7, 11) is 0. The average Bonchev–Trinajstić information content (AvgIpc) is 3.28. The van der Waals surface area contributed by atoms with Crippen LogP contribution in [0.15, 0.2) is 53.1 Å². The highest BCUT2D eigenvalue weighted by molar-refractivity contribution is 5.78. The molecule has 1 fully saturated rings. The molecule has 5 rings (SSSR count). The zero-order valence-corrected chi connectivity index (χ0v) is 18.8. The molecule has 0 radical (unpaired) electrons.